The molecule has 0 spiro atoms. The Balaban J connectivity index is 2.28. The minimum atomic E-state index is -0.588. The van der Waals surface area contributed by atoms with E-state index < -0.39 is 5.91 Å². The number of primary amides is 1. The highest BCUT2D eigenvalue weighted by Gasteiger charge is 2.33. The van der Waals surface area contributed by atoms with Crippen LogP contribution in [0.25, 0.3) is 0 Å². The minimum absolute atomic E-state index is 0.0143. The van der Waals surface area contributed by atoms with Crippen LogP contribution in [0.3, 0.4) is 0 Å². The van der Waals surface area contributed by atoms with Crippen molar-refractivity contribution in [3.8, 4) is 6.07 Å². The first-order valence-corrected chi connectivity index (χ1v) is 5.15. The third-order valence-electron chi connectivity index (χ3n) is 2.83. The number of nitrogens with zero attached hydrogens (tertiary/aromatic N) is 3. The van der Waals surface area contributed by atoms with Crippen LogP contribution < -0.4 is 11.5 Å². The maximum Gasteiger partial charge on any atom is 0.254 e. The molecule has 0 radical (unpaired) electrons. The summed E-state index contributed by atoms with van der Waals surface area (Å²) < 4.78 is 1.61. The minimum Gasteiger partial charge on any atom is -0.382 e. The largest absolute Gasteiger partial charge is 0.382 e. The Morgan fingerprint density at radius 1 is 1.75 bits per heavy atom. The molecule has 84 valence electrons. The summed E-state index contributed by atoms with van der Waals surface area (Å²) >= 11 is 0. The van der Waals surface area contributed by atoms with Crippen molar-refractivity contribution < 1.29 is 4.79 Å². The number of nitriles is 1. The third kappa shape index (κ3) is 1.84. The maximum absolute atomic E-state index is 11.0. The van der Waals surface area contributed by atoms with Crippen molar-refractivity contribution in [2.24, 2.45) is 11.7 Å². The molecule has 1 aromatic rings. The summed E-state index contributed by atoms with van der Waals surface area (Å²) in [7, 11) is 0. The molecule has 1 atom stereocenters. The van der Waals surface area contributed by atoms with E-state index in [-0.39, 0.29) is 17.4 Å². The smallest absolute Gasteiger partial charge is 0.254 e. The predicted octanol–water partition coefficient (Wildman–Crippen LogP) is 0.429. The topological polar surface area (TPSA) is 111 Å². The van der Waals surface area contributed by atoms with Crippen LogP contribution in [0.4, 0.5) is 5.82 Å². The summed E-state index contributed by atoms with van der Waals surface area (Å²) in [6.45, 7) is 0. The molecule has 6 nitrogen and oxygen atoms in total. The Morgan fingerprint density at radius 3 is 2.88 bits per heavy atom. The number of hydrogen-bond acceptors (Lipinski definition) is 4. The second-order valence-electron chi connectivity index (χ2n) is 4.04. The van der Waals surface area contributed by atoms with Crippen molar-refractivity contribution in [2.45, 2.75) is 25.3 Å². The molecule has 1 aliphatic carbocycles. The number of amides is 1. The van der Waals surface area contributed by atoms with Crippen LogP contribution in [0.15, 0.2) is 6.20 Å². The molecule has 1 fully saturated rings. The van der Waals surface area contributed by atoms with Gasteiger partial charge in [-0.15, -0.1) is 0 Å². The number of carbonyl (C=O) groups is 1. The van der Waals surface area contributed by atoms with Crippen molar-refractivity contribution in [3.63, 3.8) is 0 Å². The van der Waals surface area contributed by atoms with E-state index in [0.717, 1.165) is 12.8 Å². The summed E-state index contributed by atoms with van der Waals surface area (Å²) in [5.41, 5.74) is 11.0. The van der Waals surface area contributed by atoms with E-state index in [9.17, 15) is 4.79 Å². The monoisotopic (exact) mass is 219 g/mol. The molecule has 0 aromatic carbocycles. The molecule has 1 aromatic heterocycles. The Kier molecular flexibility index (Phi) is 2.52. The Hall–Kier alpha value is -2.03. The van der Waals surface area contributed by atoms with Crippen LogP contribution >= 0.6 is 0 Å². The fourth-order valence-corrected chi connectivity index (χ4v) is 1.82. The molecular weight excluding hydrogens is 206 g/mol. The van der Waals surface area contributed by atoms with Crippen LogP contribution in [0.1, 0.15) is 35.7 Å². The average molecular weight is 219 g/mol. The molecule has 1 saturated carbocycles. The van der Waals surface area contributed by atoms with Gasteiger partial charge in [0.1, 0.15) is 5.56 Å². The highest BCUT2D eigenvalue weighted by atomic mass is 16.1. The Labute approximate surface area is 92.8 Å². The second kappa shape index (κ2) is 3.85. The van der Waals surface area contributed by atoms with Crippen LogP contribution in [0.5, 0.6) is 0 Å². The van der Waals surface area contributed by atoms with Crippen LogP contribution in [-0.2, 0) is 0 Å². The number of aromatic nitrogens is 2. The molecule has 1 unspecified atom stereocenters. The summed E-state index contributed by atoms with van der Waals surface area (Å²) in [6.07, 6.45) is 4.11. The van der Waals surface area contributed by atoms with Gasteiger partial charge >= 0.3 is 0 Å². The number of hydrogen-bond donors (Lipinski definition) is 2. The van der Waals surface area contributed by atoms with E-state index >= 15 is 0 Å². The lowest BCUT2D eigenvalue weighted by Crippen LogP contribution is -2.12. The summed E-state index contributed by atoms with van der Waals surface area (Å²) in [5, 5.41) is 12.8. The second-order valence-corrected chi connectivity index (χ2v) is 4.04. The van der Waals surface area contributed by atoms with Gasteiger partial charge in [0, 0.05) is 6.20 Å². The van der Waals surface area contributed by atoms with Gasteiger partial charge in [-0.25, -0.2) is 0 Å². The SMILES string of the molecule is N#CCC(C1CC1)n1cc(C(N)=O)c(N)n1. The number of nitrogens with two attached hydrogens (primary N) is 2. The van der Waals surface area contributed by atoms with Gasteiger partial charge < -0.3 is 11.5 Å². The van der Waals surface area contributed by atoms with Gasteiger partial charge in [0.2, 0.25) is 0 Å². The van der Waals surface area contributed by atoms with Gasteiger partial charge in [-0.1, -0.05) is 0 Å². The highest BCUT2D eigenvalue weighted by molar-refractivity contribution is 5.96. The van der Waals surface area contributed by atoms with Gasteiger partial charge in [0.15, 0.2) is 5.82 Å². The number of rotatable bonds is 4. The molecule has 0 bridgehead atoms. The van der Waals surface area contributed by atoms with E-state index in [4.69, 9.17) is 16.7 Å². The van der Waals surface area contributed by atoms with Gasteiger partial charge in [-0.2, -0.15) is 10.4 Å². The average Bonchev–Trinajstić information content (AvgIpc) is 2.98. The molecule has 16 heavy (non-hydrogen) atoms. The van der Waals surface area contributed by atoms with E-state index in [2.05, 4.69) is 11.2 Å². The zero-order valence-electron chi connectivity index (χ0n) is 8.76. The summed E-state index contributed by atoms with van der Waals surface area (Å²) in [4.78, 5) is 11.0. The highest BCUT2D eigenvalue weighted by Crippen LogP contribution is 2.41. The Bertz CT molecular complexity index is 454. The molecule has 6 heteroatoms. The number of nitrogen functional groups attached to an aromatic ring is 1. The standard InChI is InChI=1S/C10H13N5O/c11-4-3-8(6-1-2-6)15-5-7(10(13)16)9(12)14-15/h5-6,8H,1-3H2,(H2,12,14)(H2,13,16). The first-order valence-electron chi connectivity index (χ1n) is 5.15. The van der Waals surface area contributed by atoms with Crippen molar-refractivity contribution in [2.75, 3.05) is 5.73 Å². The van der Waals surface area contributed by atoms with Gasteiger partial charge in [-0.3, -0.25) is 9.48 Å². The fourth-order valence-electron chi connectivity index (χ4n) is 1.82. The molecule has 2 rings (SSSR count). The van der Waals surface area contributed by atoms with Crippen LogP contribution in [0, 0.1) is 17.2 Å². The quantitative estimate of drug-likeness (QED) is 0.764. The lowest BCUT2D eigenvalue weighted by Gasteiger charge is -2.12. The van der Waals surface area contributed by atoms with Crippen molar-refractivity contribution >= 4 is 11.7 Å². The van der Waals surface area contributed by atoms with Crippen molar-refractivity contribution in [1.82, 2.24) is 9.78 Å². The molecule has 0 saturated heterocycles. The van der Waals surface area contributed by atoms with Gasteiger partial charge in [0.05, 0.1) is 18.5 Å². The van der Waals surface area contributed by atoms with E-state index in [1.807, 2.05) is 0 Å². The summed E-state index contributed by atoms with van der Waals surface area (Å²) in [6, 6.07) is 2.14. The Morgan fingerprint density at radius 2 is 2.44 bits per heavy atom. The zero-order valence-corrected chi connectivity index (χ0v) is 8.76. The normalized spacial score (nSPS) is 16.7. The molecular formula is C10H13N5O. The lowest BCUT2D eigenvalue weighted by atomic mass is 10.1. The van der Waals surface area contributed by atoms with Crippen molar-refractivity contribution in [1.29, 1.82) is 5.26 Å². The van der Waals surface area contributed by atoms with E-state index in [0.29, 0.717) is 12.3 Å². The molecule has 0 aliphatic heterocycles. The molecule has 4 N–H and O–H groups in total. The zero-order chi connectivity index (χ0) is 11.7. The van der Waals surface area contributed by atoms with Gasteiger partial charge in [-0.05, 0) is 18.8 Å². The number of anilines is 1. The summed E-state index contributed by atoms with van der Waals surface area (Å²) in [5.74, 6) is 0.0195. The lowest BCUT2D eigenvalue weighted by molar-refractivity contribution is 0.100. The first kappa shape index (κ1) is 10.5. The maximum atomic E-state index is 11.0. The van der Waals surface area contributed by atoms with E-state index in [1.54, 1.807) is 4.68 Å². The molecule has 1 aliphatic rings. The van der Waals surface area contributed by atoms with Crippen LogP contribution in [0.2, 0.25) is 0 Å². The first-order chi connectivity index (χ1) is 7.63. The van der Waals surface area contributed by atoms with Crippen molar-refractivity contribution in [3.05, 3.63) is 11.8 Å². The predicted molar refractivity (Wildman–Crippen MR) is 57.1 cm³/mol. The fraction of sp³-hybridized carbons (Fsp3) is 0.500. The molecule has 1 heterocycles. The molecule has 1 amide bonds. The van der Waals surface area contributed by atoms with Gasteiger partial charge in [0.25, 0.3) is 5.91 Å². The number of carbonyl (C=O) groups excluding carboxylic acids is 1. The van der Waals surface area contributed by atoms with E-state index in [1.165, 1.54) is 6.20 Å². The third-order valence-corrected chi connectivity index (χ3v) is 2.83. The van der Waals surface area contributed by atoms with Crippen LogP contribution in [-0.4, -0.2) is 15.7 Å².